The molecule has 0 fully saturated rings. The molecule has 1 aromatic carbocycles. The van der Waals surface area contributed by atoms with E-state index in [2.05, 4.69) is 49.7 Å². The van der Waals surface area contributed by atoms with Gasteiger partial charge in [0.15, 0.2) is 10.8 Å². The Kier molecular flexibility index (Phi) is 6.87. The molecular weight excluding hydrogens is 443 g/mol. The first kappa shape index (κ1) is 22.7. The molecule has 0 saturated carbocycles. The number of carbonyl (C=O) groups is 1. The Bertz CT molecular complexity index is 1250. The van der Waals surface area contributed by atoms with Crippen molar-refractivity contribution < 1.29 is 9.18 Å². The molecular formula is C22H25FN8OS. The lowest BCUT2D eigenvalue weighted by molar-refractivity contribution is 0.0947. The molecule has 33 heavy (non-hydrogen) atoms. The molecule has 4 aromatic rings. The zero-order valence-corrected chi connectivity index (χ0v) is 19.4. The molecule has 4 rings (SSSR count). The number of halogens is 1. The van der Waals surface area contributed by atoms with Gasteiger partial charge in [-0.25, -0.2) is 19.0 Å². The molecule has 0 spiro atoms. The van der Waals surface area contributed by atoms with Crippen molar-refractivity contribution in [2.24, 2.45) is 5.92 Å². The van der Waals surface area contributed by atoms with Gasteiger partial charge in [0.05, 0.1) is 23.8 Å². The maximum atomic E-state index is 13.1. The van der Waals surface area contributed by atoms with Gasteiger partial charge in [0, 0.05) is 18.7 Å². The van der Waals surface area contributed by atoms with Crippen molar-refractivity contribution in [3.05, 3.63) is 48.0 Å². The highest BCUT2D eigenvalue weighted by Crippen LogP contribution is 2.23. The highest BCUT2D eigenvalue weighted by Gasteiger charge is 2.14. The first-order valence-corrected chi connectivity index (χ1v) is 11.8. The van der Waals surface area contributed by atoms with Gasteiger partial charge >= 0.3 is 0 Å². The molecule has 172 valence electrons. The van der Waals surface area contributed by atoms with Crippen LogP contribution in [-0.2, 0) is 6.54 Å². The lowest BCUT2D eigenvalue weighted by Gasteiger charge is -2.10. The number of thioether (sulfide) groups is 1. The Morgan fingerprint density at radius 2 is 2.03 bits per heavy atom. The fraction of sp³-hybridized carbons (Fsp3) is 0.318. The van der Waals surface area contributed by atoms with E-state index in [-0.39, 0.29) is 11.7 Å². The lowest BCUT2D eigenvalue weighted by Crippen LogP contribution is -2.27. The van der Waals surface area contributed by atoms with E-state index in [9.17, 15) is 9.18 Å². The normalized spacial score (nSPS) is 11.3. The second kappa shape index (κ2) is 9.99. The van der Waals surface area contributed by atoms with Gasteiger partial charge in [0.1, 0.15) is 17.3 Å². The van der Waals surface area contributed by atoms with Crippen LogP contribution in [0.3, 0.4) is 0 Å². The quantitative estimate of drug-likeness (QED) is 0.254. The van der Waals surface area contributed by atoms with Crippen LogP contribution in [-0.4, -0.2) is 55.2 Å². The van der Waals surface area contributed by atoms with Crippen LogP contribution in [0.25, 0.3) is 22.3 Å². The predicted octanol–water partition coefficient (Wildman–Crippen LogP) is 3.58. The summed E-state index contributed by atoms with van der Waals surface area (Å²) < 4.78 is 14.9. The maximum Gasteiger partial charge on any atom is 0.269 e. The van der Waals surface area contributed by atoms with Crippen LogP contribution in [0, 0.1) is 11.7 Å². The van der Waals surface area contributed by atoms with Crippen molar-refractivity contribution >= 4 is 34.5 Å². The van der Waals surface area contributed by atoms with Crippen molar-refractivity contribution in [3.63, 3.8) is 0 Å². The number of anilines is 1. The molecule has 0 aliphatic heterocycles. The van der Waals surface area contributed by atoms with E-state index >= 15 is 0 Å². The zero-order chi connectivity index (χ0) is 23.4. The number of aromatic amines is 1. The number of H-pyrrole nitrogens is 1. The van der Waals surface area contributed by atoms with Crippen LogP contribution in [0.2, 0.25) is 0 Å². The van der Waals surface area contributed by atoms with Crippen LogP contribution in [0.5, 0.6) is 0 Å². The standard InChI is InChI=1S/C22H25FN8OS/c1-13(2)11-25-19-16-12-26-31(20(16)28-22(27-19)33-3)9-8-24-21(32)18-10-17(29-30-18)14-4-6-15(23)7-5-14/h4-7,10,12-13H,8-9,11H2,1-3H3,(H,24,32)(H,29,30)(H,25,27,28). The fourth-order valence-electron chi connectivity index (χ4n) is 3.20. The molecule has 3 heterocycles. The Morgan fingerprint density at radius 3 is 2.76 bits per heavy atom. The van der Waals surface area contributed by atoms with E-state index < -0.39 is 0 Å². The van der Waals surface area contributed by atoms with E-state index in [0.717, 1.165) is 29.0 Å². The SMILES string of the molecule is CSc1nc(NCC(C)C)c2cnn(CCNC(=O)c3cc(-c4ccc(F)cc4)n[nH]3)c2n1. The number of fused-ring (bicyclic) bond motifs is 1. The van der Waals surface area contributed by atoms with Gasteiger partial charge in [-0.15, -0.1) is 0 Å². The Hall–Kier alpha value is -3.47. The van der Waals surface area contributed by atoms with Gasteiger partial charge < -0.3 is 10.6 Å². The molecule has 0 aliphatic carbocycles. The number of aromatic nitrogens is 6. The monoisotopic (exact) mass is 468 g/mol. The van der Waals surface area contributed by atoms with Gasteiger partial charge in [0.25, 0.3) is 5.91 Å². The first-order chi connectivity index (χ1) is 15.9. The summed E-state index contributed by atoms with van der Waals surface area (Å²) in [6, 6.07) is 7.58. The largest absolute Gasteiger partial charge is 0.369 e. The van der Waals surface area contributed by atoms with Gasteiger partial charge in [-0.1, -0.05) is 25.6 Å². The van der Waals surface area contributed by atoms with Gasteiger partial charge in [-0.2, -0.15) is 10.2 Å². The summed E-state index contributed by atoms with van der Waals surface area (Å²) in [4.78, 5) is 21.7. The van der Waals surface area contributed by atoms with Crippen molar-refractivity contribution in [2.75, 3.05) is 24.7 Å². The molecule has 0 unspecified atom stereocenters. The summed E-state index contributed by atoms with van der Waals surface area (Å²) in [5.41, 5.74) is 2.34. The molecule has 0 bridgehead atoms. The maximum absolute atomic E-state index is 13.1. The number of nitrogens with zero attached hydrogens (tertiary/aromatic N) is 5. The summed E-state index contributed by atoms with van der Waals surface area (Å²) in [5, 5.41) is 19.0. The minimum Gasteiger partial charge on any atom is -0.369 e. The van der Waals surface area contributed by atoms with E-state index in [1.54, 1.807) is 29.1 Å². The summed E-state index contributed by atoms with van der Waals surface area (Å²) in [5.74, 6) is 0.630. The first-order valence-electron chi connectivity index (χ1n) is 10.6. The van der Waals surface area contributed by atoms with E-state index in [0.29, 0.717) is 35.6 Å². The van der Waals surface area contributed by atoms with Crippen LogP contribution < -0.4 is 10.6 Å². The Labute approximate surface area is 194 Å². The summed E-state index contributed by atoms with van der Waals surface area (Å²) in [7, 11) is 0. The van der Waals surface area contributed by atoms with Crippen molar-refractivity contribution in [3.8, 4) is 11.3 Å². The Balaban J connectivity index is 1.42. The molecule has 1 amide bonds. The second-order valence-corrected chi connectivity index (χ2v) is 8.64. The number of amides is 1. The zero-order valence-electron chi connectivity index (χ0n) is 18.6. The smallest absolute Gasteiger partial charge is 0.269 e. The fourth-order valence-corrected chi connectivity index (χ4v) is 3.56. The van der Waals surface area contributed by atoms with E-state index in [1.165, 1.54) is 23.9 Å². The van der Waals surface area contributed by atoms with Gasteiger partial charge in [-0.05, 0) is 42.5 Å². The number of benzene rings is 1. The average Bonchev–Trinajstić information content (AvgIpc) is 3.45. The molecule has 0 radical (unpaired) electrons. The van der Waals surface area contributed by atoms with Crippen LogP contribution in [0.15, 0.2) is 41.7 Å². The number of hydrogen-bond acceptors (Lipinski definition) is 7. The molecule has 0 aliphatic rings. The molecule has 11 heteroatoms. The topological polar surface area (TPSA) is 113 Å². The third kappa shape index (κ3) is 5.30. The third-order valence-corrected chi connectivity index (χ3v) is 5.46. The predicted molar refractivity (Wildman–Crippen MR) is 127 cm³/mol. The van der Waals surface area contributed by atoms with Crippen LogP contribution in [0.4, 0.5) is 10.2 Å². The van der Waals surface area contributed by atoms with Gasteiger partial charge in [-0.3, -0.25) is 9.89 Å². The van der Waals surface area contributed by atoms with Crippen molar-refractivity contribution in [2.45, 2.75) is 25.5 Å². The van der Waals surface area contributed by atoms with Crippen LogP contribution >= 0.6 is 11.8 Å². The molecule has 3 aromatic heterocycles. The summed E-state index contributed by atoms with van der Waals surface area (Å²) in [6.07, 6.45) is 3.67. The highest BCUT2D eigenvalue weighted by molar-refractivity contribution is 7.98. The average molecular weight is 469 g/mol. The second-order valence-electron chi connectivity index (χ2n) is 7.87. The van der Waals surface area contributed by atoms with Crippen molar-refractivity contribution in [1.29, 1.82) is 0 Å². The third-order valence-electron chi connectivity index (χ3n) is 4.91. The molecule has 3 N–H and O–H groups in total. The Morgan fingerprint density at radius 1 is 1.24 bits per heavy atom. The summed E-state index contributed by atoms with van der Waals surface area (Å²) >= 11 is 1.47. The van der Waals surface area contributed by atoms with Crippen molar-refractivity contribution in [1.82, 2.24) is 35.3 Å². The molecule has 9 nitrogen and oxygen atoms in total. The number of carbonyl (C=O) groups excluding carboxylic acids is 1. The van der Waals surface area contributed by atoms with E-state index in [4.69, 9.17) is 0 Å². The highest BCUT2D eigenvalue weighted by atomic mass is 32.2. The number of nitrogens with one attached hydrogen (secondary N) is 3. The van der Waals surface area contributed by atoms with Crippen LogP contribution in [0.1, 0.15) is 24.3 Å². The lowest BCUT2D eigenvalue weighted by atomic mass is 10.1. The number of rotatable bonds is 9. The summed E-state index contributed by atoms with van der Waals surface area (Å²) in [6.45, 7) is 5.87. The minimum absolute atomic E-state index is 0.286. The number of hydrogen-bond donors (Lipinski definition) is 3. The molecule has 0 saturated heterocycles. The molecule has 0 atom stereocenters. The minimum atomic E-state index is -0.323. The van der Waals surface area contributed by atoms with E-state index in [1.807, 2.05) is 6.26 Å². The van der Waals surface area contributed by atoms with Gasteiger partial charge in [0.2, 0.25) is 0 Å².